The van der Waals surface area contributed by atoms with Crippen LogP contribution in [-0.4, -0.2) is 41.6 Å². The first-order chi connectivity index (χ1) is 12.6. The van der Waals surface area contributed by atoms with E-state index in [9.17, 15) is 4.79 Å². The quantitative estimate of drug-likeness (QED) is 0.784. The van der Waals surface area contributed by atoms with E-state index >= 15 is 0 Å². The van der Waals surface area contributed by atoms with E-state index in [1.807, 2.05) is 16.7 Å². The molecule has 1 saturated heterocycles. The number of piperidine rings is 1. The lowest BCUT2D eigenvalue weighted by atomic mass is 10.1. The summed E-state index contributed by atoms with van der Waals surface area (Å²) in [6, 6.07) is 12.4. The summed E-state index contributed by atoms with van der Waals surface area (Å²) in [5.74, 6) is -0.0157. The molecule has 26 heavy (non-hydrogen) atoms. The summed E-state index contributed by atoms with van der Waals surface area (Å²) in [6.07, 6.45) is 3.67. The van der Waals surface area contributed by atoms with Crippen LogP contribution in [0, 0.1) is 6.92 Å². The third kappa shape index (κ3) is 3.40. The smallest absolute Gasteiger partial charge is 0.268 e. The molecule has 4 rings (SSSR count). The number of fused-ring (bicyclic) bond motifs is 1. The number of aromatic nitrogens is 1. The third-order valence-electron chi connectivity index (χ3n) is 5.27. The molecule has 3 aromatic rings. The number of likely N-dealkylation sites (tertiary alicyclic amines) is 1. The number of benzene rings is 1. The molecule has 136 valence electrons. The Balaban J connectivity index is 1.59. The number of aryl methyl sites for hydroxylation is 1. The average Bonchev–Trinajstić information content (AvgIpc) is 3.21. The van der Waals surface area contributed by atoms with E-state index in [1.165, 1.54) is 11.1 Å². The topological polar surface area (TPSA) is 50.4 Å². The van der Waals surface area contributed by atoms with Crippen LogP contribution in [0.25, 0.3) is 11.1 Å². The number of hydrogen-bond acceptors (Lipinski definition) is 3. The number of carbonyl (C=O) groups is 1. The Labute approximate surface area is 153 Å². The molecule has 1 aliphatic rings. The van der Waals surface area contributed by atoms with Crippen LogP contribution >= 0.6 is 0 Å². The highest BCUT2D eigenvalue weighted by atomic mass is 16.3. The second kappa shape index (κ2) is 7.00. The van der Waals surface area contributed by atoms with Gasteiger partial charge in [0.2, 0.25) is 0 Å². The van der Waals surface area contributed by atoms with Gasteiger partial charge in [0.05, 0.1) is 11.8 Å². The van der Waals surface area contributed by atoms with Gasteiger partial charge in [0.1, 0.15) is 5.69 Å². The molecule has 0 radical (unpaired) electrons. The first-order valence-corrected chi connectivity index (χ1v) is 9.22. The van der Waals surface area contributed by atoms with Gasteiger partial charge in [-0.15, -0.1) is 0 Å². The third-order valence-corrected chi connectivity index (χ3v) is 5.27. The monoisotopic (exact) mass is 351 g/mol. The molecule has 1 fully saturated rings. The maximum atomic E-state index is 12.9. The molecule has 0 bridgehead atoms. The molecule has 0 aliphatic carbocycles. The Bertz CT molecular complexity index is 899. The maximum absolute atomic E-state index is 12.9. The molecule has 0 unspecified atom stereocenters. The van der Waals surface area contributed by atoms with Gasteiger partial charge in [-0.3, -0.25) is 4.79 Å². The van der Waals surface area contributed by atoms with E-state index in [2.05, 4.69) is 48.5 Å². The summed E-state index contributed by atoms with van der Waals surface area (Å²) in [4.78, 5) is 15.2. The largest absolute Gasteiger partial charge is 0.463 e. The number of carbonyl (C=O) groups excluding carboxylic acids is 1. The molecule has 1 N–H and O–H groups in total. The number of hydrogen-bond donors (Lipinski definition) is 1. The highest BCUT2D eigenvalue weighted by molar-refractivity contribution is 5.97. The van der Waals surface area contributed by atoms with Gasteiger partial charge in [-0.1, -0.05) is 29.8 Å². The van der Waals surface area contributed by atoms with E-state index in [4.69, 9.17) is 4.42 Å². The summed E-state index contributed by atoms with van der Waals surface area (Å²) in [7, 11) is 2.12. The van der Waals surface area contributed by atoms with E-state index in [-0.39, 0.29) is 11.9 Å². The summed E-state index contributed by atoms with van der Waals surface area (Å²) in [5, 5.41) is 3.21. The van der Waals surface area contributed by atoms with Gasteiger partial charge < -0.3 is 19.2 Å². The molecule has 2 aromatic heterocycles. The predicted octanol–water partition coefficient (Wildman–Crippen LogP) is 3.42. The van der Waals surface area contributed by atoms with Gasteiger partial charge in [-0.05, 0) is 45.5 Å². The fraction of sp³-hybridized carbons (Fsp3) is 0.381. The fourth-order valence-corrected chi connectivity index (χ4v) is 3.62. The lowest BCUT2D eigenvalue weighted by molar-refractivity contribution is 0.0908. The Kier molecular flexibility index (Phi) is 4.55. The zero-order valence-electron chi connectivity index (χ0n) is 15.4. The highest BCUT2D eigenvalue weighted by Gasteiger charge is 2.22. The van der Waals surface area contributed by atoms with Crippen molar-refractivity contribution in [3.05, 3.63) is 59.5 Å². The minimum atomic E-state index is -0.0157. The SMILES string of the molecule is Cc1ccc(Cn2c(C(=O)NC3CCN(C)CC3)cc3occc32)cc1. The molecule has 1 amide bonds. The summed E-state index contributed by atoms with van der Waals surface area (Å²) >= 11 is 0. The second-order valence-corrected chi connectivity index (χ2v) is 7.32. The van der Waals surface area contributed by atoms with Crippen molar-refractivity contribution >= 4 is 17.0 Å². The Hall–Kier alpha value is -2.53. The van der Waals surface area contributed by atoms with Crippen molar-refractivity contribution < 1.29 is 9.21 Å². The molecule has 5 heteroatoms. The Morgan fingerprint density at radius 3 is 2.65 bits per heavy atom. The molecule has 5 nitrogen and oxygen atoms in total. The van der Waals surface area contributed by atoms with Gasteiger partial charge in [-0.25, -0.2) is 0 Å². The Morgan fingerprint density at radius 2 is 1.92 bits per heavy atom. The molecule has 3 heterocycles. The molecule has 0 spiro atoms. The average molecular weight is 351 g/mol. The van der Waals surface area contributed by atoms with Crippen molar-refractivity contribution in [3.8, 4) is 0 Å². The zero-order valence-corrected chi connectivity index (χ0v) is 15.4. The van der Waals surface area contributed by atoms with Crippen LogP contribution in [0.3, 0.4) is 0 Å². The number of amides is 1. The van der Waals surface area contributed by atoms with Crippen LogP contribution in [0.2, 0.25) is 0 Å². The van der Waals surface area contributed by atoms with Gasteiger partial charge >= 0.3 is 0 Å². The van der Waals surface area contributed by atoms with Crippen molar-refractivity contribution in [2.75, 3.05) is 20.1 Å². The summed E-state index contributed by atoms with van der Waals surface area (Å²) in [5.41, 5.74) is 4.78. The minimum absolute atomic E-state index is 0.0157. The standard InChI is InChI=1S/C21H25N3O2/c1-15-3-5-16(6-4-15)14-24-18-9-12-26-20(18)13-19(24)21(25)22-17-7-10-23(2)11-8-17/h3-6,9,12-13,17H,7-8,10-11,14H2,1-2H3,(H,22,25). The maximum Gasteiger partial charge on any atom is 0.268 e. The van der Waals surface area contributed by atoms with Gasteiger partial charge in [-0.2, -0.15) is 0 Å². The van der Waals surface area contributed by atoms with Crippen molar-refractivity contribution in [2.24, 2.45) is 0 Å². The van der Waals surface area contributed by atoms with Crippen LogP contribution in [0.4, 0.5) is 0 Å². The van der Waals surface area contributed by atoms with Crippen LogP contribution in [0.1, 0.15) is 34.5 Å². The number of rotatable bonds is 4. The normalized spacial score (nSPS) is 16.2. The molecule has 1 aromatic carbocycles. The molecule has 0 saturated carbocycles. The minimum Gasteiger partial charge on any atom is -0.463 e. The highest BCUT2D eigenvalue weighted by Crippen LogP contribution is 2.23. The zero-order chi connectivity index (χ0) is 18.1. The van der Waals surface area contributed by atoms with Crippen LogP contribution in [-0.2, 0) is 6.54 Å². The summed E-state index contributed by atoms with van der Waals surface area (Å²) < 4.78 is 7.59. The van der Waals surface area contributed by atoms with Crippen LogP contribution < -0.4 is 5.32 Å². The van der Waals surface area contributed by atoms with E-state index < -0.39 is 0 Å². The Morgan fingerprint density at radius 1 is 1.19 bits per heavy atom. The molecule has 0 atom stereocenters. The molecular weight excluding hydrogens is 326 g/mol. The first-order valence-electron chi connectivity index (χ1n) is 9.22. The van der Waals surface area contributed by atoms with Crippen LogP contribution in [0.5, 0.6) is 0 Å². The predicted molar refractivity (Wildman–Crippen MR) is 102 cm³/mol. The summed E-state index contributed by atoms with van der Waals surface area (Å²) in [6.45, 7) is 4.78. The van der Waals surface area contributed by atoms with Gasteiger partial charge in [0.25, 0.3) is 5.91 Å². The molecular formula is C21H25N3O2. The van der Waals surface area contributed by atoms with Gasteiger partial charge in [0.15, 0.2) is 5.58 Å². The van der Waals surface area contributed by atoms with Crippen molar-refractivity contribution in [3.63, 3.8) is 0 Å². The first kappa shape index (κ1) is 16.9. The number of nitrogens with zero attached hydrogens (tertiary/aromatic N) is 2. The van der Waals surface area contributed by atoms with E-state index in [0.717, 1.165) is 37.0 Å². The number of nitrogens with one attached hydrogen (secondary N) is 1. The van der Waals surface area contributed by atoms with Gasteiger partial charge in [0, 0.05) is 24.7 Å². The van der Waals surface area contributed by atoms with Crippen molar-refractivity contribution in [1.82, 2.24) is 14.8 Å². The van der Waals surface area contributed by atoms with E-state index in [1.54, 1.807) is 6.26 Å². The van der Waals surface area contributed by atoms with Crippen LogP contribution in [0.15, 0.2) is 47.1 Å². The van der Waals surface area contributed by atoms with E-state index in [0.29, 0.717) is 12.2 Å². The lowest BCUT2D eigenvalue weighted by Gasteiger charge is -2.29. The van der Waals surface area contributed by atoms with Crippen molar-refractivity contribution in [2.45, 2.75) is 32.4 Å². The fourth-order valence-electron chi connectivity index (χ4n) is 3.62. The lowest BCUT2D eigenvalue weighted by Crippen LogP contribution is -2.43. The van der Waals surface area contributed by atoms with Crippen molar-refractivity contribution in [1.29, 1.82) is 0 Å². The number of furan rings is 1. The molecule has 1 aliphatic heterocycles. The second-order valence-electron chi connectivity index (χ2n) is 7.32.